The van der Waals surface area contributed by atoms with E-state index in [4.69, 9.17) is 4.74 Å². The maximum absolute atomic E-state index is 14.4. The Balaban J connectivity index is 1.80. The van der Waals surface area contributed by atoms with Crippen LogP contribution < -0.4 is 11.0 Å². The van der Waals surface area contributed by atoms with E-state index >= 15 is 0 Å². The van der Waals surface area contributed by atoms with E-state index in [9.17, 15) is 29.0 Å². The minimum atomic E-state index is -1.45. The quantitative estimate of drug-likeness (QED) is 0.605. The van der Waals surface area contributed by atoms with Crippen LogP contribution >= 0.6 is 0 Å². The minimum absolute atomic E-state index is 0.0922. The summed E-state index contributed by atoms with van der Waals surface area (Å²) in [7, 11) is 1.22. The molecule has 10 nitrogen and oxygen atoms in total. The monoisotopic (exact) mass is 407 g/mol. The number of esters is 1. The van der Waals surface area contributed by atoms with Gasteiger partial charge in [0, 0.05) is 5.56 Å². The Hall–Kier alpha value is -3.15. The second kappa shape index (κ2) is 8.07. The number of carbonyl (C=O) groups excluding carboxylic acids is 2. The van der Waals surface area contributed by atoms with Gasteiger partial charge in [0.15, 0.2) is 17.9 Å². The summed E-state index contributed by atoms with van der Waals surface area (Å²) < 4.78 is 24.9. The van der Waals surface area contributed by atoms with E-state index in [0.29, 0.717) is 4.57 Å². The van der Waals surface area contributed by atoms with Crippen LogP contribution in [-0.2, 0) is 9.47 Å². The number of hydrogen-bond acceptors (Lipinski definition) is 8. The summed E-state index contributed by atoms with van der Waals surface area (Å²) in [6, 6.07) is 5.36. The largest absolute Gasteiger partial charge is 0.465 e. The van der Waals surface area contributed by atoms with Crippen LogP contribution in [0.2, 0.25) is 0 Å². The van der Waals surface area contributed by atoms with Gasteiger partial charge in [0.2, 0.25) is 0 Å². The molecule has 3 N–H and O–H groups in total. The van der Waals surface area contributed by atoms with Crippen LogP contribution in [0.15, 0.2) is 35.3 Å². The number of methoxy groups -OCH3 is 1. The van der Waals surface area contributed by atoms with Crippen LogP contribution in [0.1, 0.15) is 33.9 Å². The first kappa shape index (κ1) is 20.6. The summed E-state index contributed by atoms with van der Waals surface area (Å²) in [4.78, 5) is 39.4. The standard InChI is InChI=1S/C18H18FN3O7/c1-8-12(23)13(24)16(29-8)22-7-11(19)14(21-18(22)27)20-15(25)9-3-5-10(6-4-9)17(26)28-2/h3-8,12-13,16,23-24H,1-2H3,(H,20,21,25,27)/t8-,12?,13?,16-/m1/s1. The Bertz CT molecular complexity index is 992. The molecule has 29 heavy (non-hydrogen) atoms. The molecule has 2 unspecified atom stereocenters. The zero-order valence-electron chi connectivity index (χ0n) is 15.4. The molecular weight excluding hydrogens is 389 g/mol. The smallest absolute Gasteiger partial charge is 0.351 e. The number of ether oxygens (including phenoxy) is 2. The lowest BCUT2D eigenvalue weighted by atomic mass is 10.1. The van der Waals surface area contributed by atoms with Crippen molar-refractivity contribution in [1.82, 2.24) is 9.55 Å². The number of aliphatic hydroxyl groups is 2. The van der Waals surface area contributed by atoms with E-state index in [-0.39, 0.29) is 11.1 Å². The van der Waals surface area contributed by atoms with Crippen molar-refractivity contribution < 1.29 is 33.7 Å². The summed E-state index contributed by atoms with van der Waals surface area (Å²) in [5.74, 6) is -3.00. The molecule has 2 aromatic rings. The first-order valence-corrected chi connectivity index (χ1v) is 8.53. The number of rotatable bonds is 4. The van der Waals surface area contributed by atoms with Gasteiger partial charge >= 0.3 is 11.7 Å². The van der Waals surface area contributed by atoms with Crippen molar-refractivity contribution in [3.8, 4) is 0 Å². The molecule has 0 aliphatic carbocycles. The SMILES string of the molecule is COC(=O)c1ccc(C(=O)Nc2nc(=O)n([C@@H]3O[C@H](C)C(O)C3O)cc2F)cc1. The molecule has 4 atom stereocenters. The average Bonchev–Trinajstić information content (AvgIpc) is 2.97. The van der Waals surface area contributed by atoms with Crippen molar-refractivity contribution in [1.29, 1.82) is 0 Å². The lowest BCUT2D eigenvalue weighted by molar-refractivity contribution is -0.0355. The van der Waals surface area contributed by atoms with E-state index in [1.807, 2.05) is 0 Å². The third kappa shape index (κ3) is 4.01. The van der Waals surface area contributed by atoms with E-state index in [2.05, 4.69) is 15.0 Å². The number of nitrogens with one attached hydrogen (secondary N) is 1. The number of aromatic nitrogens is 2. The molecule has 1 aliphatic rings. The van der Waals surface area contributed by atoms with Gasteiger partial charge in [-0.1, -0.05) is 0 Å². The topological polar surface area (TPSA) is 140 Å². The molecule has 0 radical (unpaired) electrons. The van der Waals surface area contributed by atoms with Crippen LogP contribution in [-0.4, -0.2) is 57.1 Å². The molecule has 3 rings (SSSR count). The molecule has 2 heterocycles. The Morgan fingerprint density at radius 1 is 1.21 bits per heavy atom. The average molecular weight is 407 g/mol. The Morgan fingerprint density at radius 3 is 2.38 bits per heavy atom. The molecule has 1 aromatic heterocycles. The highest BCUT2D eigenvalue weighted by molar-refractivity contribution is 6.04. The van der Waals surface area contributed by atoms with E-state index in [1.165, 1.54) is 38.3 Å². The predicted molar refractivity (Wildman–Crippen MR) is 95.8 cm³/mol. The third-order valence-corrected chi connectivity index (χ3v) is 4.46. The summed E-state index contributed by atoms with van der Waals surface area (Å²) in [6.07, 6.45) is -4.05. The van der Waals surface area contributed by atoms with Gasteiger partial charge in [0.1, 0.15) is 12.2 Å². The molecule has 154 valence electrons. The normalized spacial score (nSPS) is 23.6. The number of hydrogen-bond donors (Lipinski definition) is 3. The fourth-order valence-corrected chi connectivity index (χ4v) is 2.83. The van der Waals surface area contributed by atoms with Crippen molar-refractivity contribution in [2.75, 3.05) is 12.4 Å². The second-order valence-corrected chi connectivity index (χ2v) is 6.36. The number of amides is 1. The van der Waals surface area contributed by atoms with Crippen LogP contribution in [0.3, 0.4) is 0 Å². The predicted octanol–water partition coefficient (Wildman–Crippen LogP) is 0.0604. The lowest BCUT2D eigenvalue weighted by Gasteiger charge is -2.17. The molecule has 11 heteroatoms. The van der Waals surface area contributed by atoms with Gasteiger partial charge in [-0.05, 0) is 31.2 Å². The van der Waals surface area contributed by atoms with Gasteiger partial charge in [0.25, 0.3) is 5.91 Å². The van der Waals surface area contributed by atoms with Gasteiger partial charge in [-0.2, -0.15) is 4.98 Å². The van der Waals surface area contributed by atoms with Crippen LogP contribution in [0, 0.1) is 5.82 Å². The Kier molecular flexibility index (Phi) is 5.73. The summed E-state index contributed by atoms with van der Waals surface area (Å²) in [5, 5.41) is 21.9. The Labute approximate surface area is 163 Å². The fourth-order valence-electron chi connectivity index (χ4n) is 2.83. The number of carbonyl (C=O) groups is 2. The van der Waals surface area contributed by atoms with Gasteiger partial charge in [-0.25, -0.2) is 14.0 Å². The van der Waals surface area contributed by atoms with Crippen LogP contribution in [0.25, 0.3) is 0 Å². The van der Waals surface area contributed by atoms with Gasteiger partial charge in [0.05, 0.1) is 25.0 Å². The molecule has 1 aliphatic heterocycles. The molecule has 1 aromatic carbocycles. The molecule has 0 saturated carbocycles. The summed E-state index contributed by atoms with van der Waals surface area (Å²) in [6.45, 7) is 1.49. The van der Waals surface area contributed by atoms with E-state index in [1.54, 1.807) is 0 Å². The molecular formula is C18H18FN3O7. The highest BCUT2D eigenvalue weighted by Crippen LogP contribution is 2.28. The zero-order chi connectivity index (χ0) is 21.3. The van der Waals surface area contributed by atoms with Crippen molar-refractivity contribution in [3.63, 3.8) is 0 Å². The lowest BCUT2D eigenvalue weighted by Crippen LogP contribution is -2.36. The van der Waals surface area contributed by atoms with Crippen LogP contribution in [0.4, 0.5) is 10.2 Å². The Morgan fingerprint density at radius 2 is 1.83 bits per heavy atom. The van der Waals surface area contributed by atoms with Crippen molar-refractivity contribution in [2.24, 2.45) is 0 Å². The summed E-state index contributed by atoms with van der Waals surface area (Å²) in [5.41, 5.74) is -0.676. The zero-order valence-corrected chi connectivity index (χ0v) is 15.4. The van der Waals surface area contributed by atoms with E-state index < -0.39 is 53.7 Å². The van der Waals surface area contributed by atoms with Gasteiger partial charge < -0.3 is 25.0 Å². The molecule has 0 bridgehead atoms. The number of benzene rings is 1. The number of halogens is 1. The summed E-state index contributed by atoms with van der Waals surface area (Å²) >= 11 is 0. The maximum Gasteiger partial charge on any atom is 0.351 e. The highest BCUT2D eigenvalue weighted by atomic mass is 19.1. The fraction of sp³-hybridized carbons (Fsp3) is 0.333. The molecule has 0 spiro atoms. The molecule has 1 fully saturated rings. The van der Waals surface area contributed by atoms with Crippen LogP contribution in [0.5, 0.6) is 0 Å². The maximum atomic E-state index is 14.4. The number of nitrogens with zero attached hydrogens (tertiary/aromatic N) is 2. The number of anilines is 1. The number of aliphatic hydroxyl groups excluding tert-OH is 2. The molecule has 1 saturated heterocycles. The molecule has 1 amide bonds. The van der Waals surface area contributed by atoms with Crippen molar-refractivity contribution >= 4 is 17.7 Å². The van der Waals surface area contributed by atoms with Crippen molar-refractivity contribution in [2.45, 2.75) is 31.5 Å². The van der Waals surface area contributed by atoms with Gasteiger partial charge in [-0.15, -0.1) is 0 Å². The van der Waals surface area contributed by atoms with Crippen molar-refractivity contribution in [3.05, 3.63) is 57.9 Å². The highest BCUT2D eigenvalue weighted by Gasteiger charge is 2.42. The first-order chi connectivity index (χ1) is 13.7. The van der Waals surface area contributed by atoms with E-state index in [0.717, 1.165) is 6.20 Å². The van der Waals surface area contributed by atoms with Gasteiger partial charge in [-0.3, -0.25) is 9.36 Å². The third-order valence-electron chi connectivity index (χ3n) is 4.46. The minimum Gasteiger partial charge on any atom is -0.465 e. The first-order valence-electron chi connectivity index (χ1n) is 8.53. The second-order valence-electron chi connectivity index (χ2n) is 6.36.